The predicted octanol–water partition coefficient (Wildman–Crippen LogP) is 0.801. The largest absolute Gasteiger partial charge is 0.465 e. The number of esters is 1. The number of piperazine rings is 1. The van der Waals surface area contributed by atoms with Crippen LogP contribution in [0.3, 0.4) is 0 Å². The van der Waals surface area contributed by atoms with E-state index < -0.39 is 0 Å². The third-order valence-electron chi connectivity index (χ3n) is 5.60. The first-order chi connectivity index (χ1) is 14.0. The molecule has 1 aromatic rings. The lowest BCUT2D eigenvalue weighted by molar-refractivity contribution is -0.143. The van der Waals surface area contributed by atoms with Crippen LogP contribution in [-0.2, 0) is 25.6 Å². The van der Waals surface area contributed by atoms with Gasteiger partial charge in [-0.1, -0.05) is 12.1 Å². The van der Waals surface area contributed by atoms with Gasteiger partial charge in [-0.15, -0.1) is 0 Å². The number of carbonyl (C=O) groups excluding carboxylic acids is 3. The zero-order valence-corrected chi connectivity index (χ0v) is 17.1. The highest BCUT2D eigenvalue weighted by Crippen LogP contribution is 2.16. The van der Waals surface area contributed by atoms with Gasteiger partial charge in [-0.25, -0.2) is 4.79 Å². The van der Waals surface area contributed by atoms with E-state index in [-0.39, 0.29) is 29.9 Å². The smallest absolute Gasteiger partial charge is 0.337 e. The van der Waals surface area contributed by atoms with Gasteiger partial charge in [0.15, 0.2) is 0 Å². The number of hydrogen-bond donors (Lipinski definition) is 1. The summed E-state index contributed by atoms with van der Waals surface area (Å²) in [7, 11) is 1.34. The van der Waals surface area contributed by atoms with Crippen LogP contribution in [0.2, 0.25) is 0 Å². The Hall–Kier alpha value is -2.45. The third kappa shape index (κ3) is 5.33. The van der Waals surface area contributed by atoms with Gasteiger partial charge < -0.3 is 19.7 Å². The molecular formula is C21H29N3O5. The Morgan fingerprint density at radius 3 is 2.45 bits per heavy atom. The molecule has 2 aliphatic heterocycles. The van der Waals surface area contributed by atoms with E-state index in [1.807, 2.05) is 11.8 Å². The molecule has 1 N–H and O–H groups in total. The Bertz CT molecular complexity index is 722. The molecule has 0 saturated carbocycles. The summed E-state index contributed by atoms with van der Waals surface area (Å²) in [5, 5.41) is 2.94. The first-order valence-electron chi connectivity index (χ1n) is 10.1. The first-order valence-corrected chi connectivity index (χ1v) is 10.1. The van der Waals surface area contributed by atoms with Crippen LogP contribution in [0.5, 0.6) is 0 Å². The monoisotopic (exact) mass is 403 g/mol. The summed E-state index contributed by atoms with van der Waals surface area (Å²) in [5.41, 5.74) is 1.39. The van der Waals surface area contributed by atoms with E-state index >= 15 is 0 Å². The second-order valence-electron chi connectivity index (χ2n) is 7.45. The molecule has 2 atom stereocenters. The molecule has 2 aliphatic rings. The van der Waals surface area contributed by atoms with Crippen molar-refractivity contribution < 1.29 is 23.9 Å². The van der Waals surface area contributed by atoms with E-state index in [1.165, 1.54) is 7.11 Å². The molecule has 0 aliphatic carbocycles. The Balaban J connectivity index is 1.43. The number of nitrogens with one attached hydrogen (secondary N) is 1. The summed E-state index contributed by atoms with van der Waals surface area (Å²) in [6, 6.07) is 6.69. The van der Waals surface area contributed by atoms with Gasteiger partial charge in [0.05, 0.1) is 18.7 Å². The topological polar surface area (TPSA) is 88.2 Å². The molecule has 8 heteroatoms. The fraction of sp³-hybridized carbons (Fsp3) is 0.571. The number of carbonyl (C=O) groups is 3. The highest BCUT2D eigenvalue weighted by molar-refractivity contribution is 5.89. The molecule has 3 rings (SSSR count). The summed E-state index contributed by atoms with van der Waals surface area (Å²) in [6.45, 7) is 5.51. The minimum absolute atomic E-state index is 0.0547. The van der Waals surface area contributed by atoms with Crippen molar-refractivity contribution in [2.45, 2.75) is 38.5 Å². The number of ether oxygens (including phenoxy) is 2. The van der Waals surface area contributed by atoms with Crippen molar-refractivity contribution in [2.24, 2.45) is 0 Å². The minimum Gasteiger partial charge on any atom is -0.465 e. The van der Waals surface area contributed by atoms with Gasteiger partial charge in [0.2, 0.25) is 5.91 Å². The van der Waals surface area contributed by atoms with E-state index in [9.17, 15) is 14.4 Å². The van der Waals surface area contributed by atoms with Crippen molar-refractivity contribution in [1.29, 1.82) is 0 Å². The molecule has 1 aromatic carbocycles. The average molecular weight is 403 g/mol. The lowest BCUT2D eigenvalue weighted by atomic mass is 10.1. The van der Waals surface area contributed by atoms with Crippen molar-refractivity contribution in [3.8, 4) is 0 Å². The maximum atomic E-state index is 12.5. The van der Waals surface area contributed by atoms with Gasteiger partial charge in [-0.05, 0) is 37.5 Å². The standard InChI is InChI=1S/C21H29N3O5/c1-15(19(25)22-14-16-5-7-17(8-6-16)21(27)28-2)23-9-11-24(12-10-23)20(26)18-4-3-13-29-18/h5-8,15,18H,3-4,9-14H2,1-2H3,(H,22,25). The van der Waals surface area contributed by atoms with Gasteiger partial charge in [-0.3, -0.25) is 14.5 Å². The highest BCUT2D eigenvalue weighted by Gasteiger charge is 2.32. The van der Waals surface area contributed by atoms with Crippen LogP contribution in [0.1, 0.15) is 35.7 Å². The van der Waals surface area contributed by atoms with Crippen molar-refractivity contribution >= 4 is 17.8 Å². The Morgan fingerprint density at radius 1 is 1.17 bits per heavy atom. The maximum Gasteiger partial charge on any atom is 0.337 e. The second kappa shape index (κ2) is 9.84. The number of nitrogens with zero attached hydrogens (tertiary/aromatic N) is 2. The Kier molecular flexibility index (Phi) is 7.22. The molecule has 2 fully saturated rings. The first kappa shape index (κ1) is 21.3. The Morgan fingerprint density at radius 2 is 1.86 bits per heavy atom. The van der Waals surface area contributed by atoms with Crippen LogP contribution in [-0.4, -0.2) is 79.6 Å². The molecule has 8 nitrogen and oxygen atoms in total. The number of benzene rings is 1. The number of hydrogen-bond acceptors (Lipinski definition) is 6. The number of amides is 2. The van der Waals surface area contributed by atoms with Crippen LogP contribution in [0.15, 0.2) is 24.3 Å². The molecule has 29 heavy (non-hydrogen) atoms. The van der Waals surface area contributed by atoms with Crippen LogP contribution in [0.25, 0.3) is 0 Å². The SMILES string of the molecule is COC(=O)c1ccc(CNC(=O)C(C)N2CCN(C(=O)C3CCCO3)CC2)cc1. The number of rotatable bonds is 6. The fourth-order valence-corrected chi connectivity index (χ4v) is 3.68. The zero-order chi connectivity index (χ0) is 20.8. The molecule has 2 saturated heterocycles. The average Bonchev–Trinajstić information content (AvgIpc) is 3.31. The highest BCUT2D eigenvalue weighted by atomic mass is 16.5. The predicted molar refractivity (Wildman–Crippen MR) is 106 cm³/mol. The quantitative estimate of drug-likeness (QED) is 0.707. The molecule has 0 radical (unpaired) electrons. The lowest BCUT2D eigenvalue weighted by Gasteiger charge is -2.38. The summed E-state index contributed by atoms with van der Waals surface area (Å²) in [5.74, 6) is -0.359. The molecular weight excluding hydrogens is 374 g/mol. The van der Waals surface area contributed by atoms with E-state index in [1.54, 1.807) is 24.3 Å². The second-order valence-corrected chi connectivity index (χ2v) is 7.45. The van der Waals surface area contributed by atoms with Gasteiger partial charge in [0, 0.05) is 39.3 Å². The molecule has 0 spiro atoms. The van der Waals surface area contributed by atoms with Gasteiger partial charge in [0.25, 0.3) is 5.91 Å². The van der Waals surface area contributed by atoms with Crippen molar-refractivity contribution in [3.63, 3.8) is 0 Å². The molecule has 2 unspecified atom stereocenters. The summed E-state index contributed by atoms with van der Waals surface area (Å²) >= 11 is 0. The zero-order valence-electron chi connectivity index (χ0n) is 17.1. The minimum atomic E-state index is -0.383. The van der Waals surface area contributed by atoms with E-state index in [4.69, 9.17) is 4.74 Å². The number of methoxy groups -OCH3 is 1. The normalized spacial score (nSPS) is 20.9. The molecule has 158 valence electrons. The summed E-state index contributed by atoms with van der Waals surface area (Å²) < 4.78 is 10.2. The summed E-state index contributed by atoms with van der Waals surface area (Å²) in [4.78, 5) is 40.4. The van der Waals surface area contributed by atoms with Crippen LogP contribution in [0, 0.1) is 0 Å². The molecule has 0 aromatic heterocycles. The van der Waals surface area contributed by atoms with E-state index in [0.29, 0.717) is 44.9 Å². The molecule has 2 amide bonds. The van der Waals surface area contributed by atoms with E-state index in [0.717, 1.165) is 18.4 Å². The van der Waals surface area contributed by atoms with Gasteiger partial charge >= 0.3 is 5.97 Å². The van der Waals surface area contributed by atoms with Crippen molar-refractivity contribution in [1.82, 2.24) is 15.1 Å². The van der Waals surface area contributed by atoms with Crippen molar-refractivity contribution in [3.05, 3.63) is 35.4 Å². The Labute approximate surface area is 171 Å². The third-order valence-corrected chi connectivity index (χ3v) is 5.60. The van der Waals surface area contributed by atoms with Crippen LogP contribution in [0.4, 0.5) is 0 Å². The van der Waals surface area contributed by atoms with Gasteiger partial charge in [-0.2, -0.15) is 0 Å². The van der Waals surface area contributed by atoms with Crippen LogP contribution < -0.4 is 5.32 Å². The molecule has 0 bridgehead atoms. The maximum absolute atomic E-state index is 12.5. The van der Waals surface area contributed by atoms with Gasteiger partial charge in [0.1, 0.15) is 6.10 Å². The fourth-order valence-electron chi connectivity index (χ4n) is 3.68. The van der Waals surface area contributed by atoms with E-state index in [2.05, 4.69) is 15.0 Å². The van der Waals surface area contributed by atoms with Crippen LogP contribution >= 0.6 is 0 Å². The summed E-state index contributed by atoms with van der Waals surface area (Å²) in [6.07, 6.45) is 1.46. The molecule has 2 heterocycles. The van der Waals surface area contributed by atoms with Crippen molar-refractivity contribution in [2.75, 3.05) is 39.9 Å². The lowest BCUT2D eigenvalue weighted by Crippen LogP contribution is -2.56.